The van der Waals surface area contributed by atoms with Crippen molar-refractivity contribution >= 4 is 22.6 Å². The van der Waals surface area contributed by atoms with Gasteiger partial charge in [0.1, 0.15) is 11.5 Å². The Labute approximate surface area is 140 Å². The van der Waals surface area contributed by atoms with Gasteiger partial charge in [-0.2, -0.15) is 0 Å². The van der Waals surface area contributed by atoms with Crippen LogP contribution in [0.15, 0.2) is 48.8 Å². The van der Waals surface area contributed by atoms with E-state index in [4.69, 9.17) is 9.47 Å². The minimum absolute atomic E-state index is 0.136. The highest BCUT2D eigenvalue weighted by Crippen LogP contribution is 2.28. The van der Waals surface area contributed by atoms with Crippen LogP contribution in [-0.2, 0) is 18.4 Å². The number of fused-ring (bicyclic) bond motifs is 1. The van der Waals surface area contributed by atoms with Crippen LogP contribution in [0.2, 0.25) is 0 Å². The summed E-state index contributed by atoms with van der Waals surface area (Å²) >= 11 is 0. The topological polar surface area (TPSA) is 56.4 Å². The number of hydrogen-bond donors (Lipinski definition) is 1. The molecule has 3 rings (SSSR count). The maximum absolute atomic E-state index is 12.5. The normalized spacial score (nSPS) is 10.6. The fraction of sp³-hybridized carbons (Fsp3) is 0.222. The van der Waals surface area contributed by atoms with Gasteiger partial charge in [0.05, 0.1) is 27.0 Å². The molecule has 0 aliphatic rings. The zero-order valence-electron chi connectivity index (χ0n) is 13.9. The molecule has 0 aliphatic heterocycles. The predicted octanol–water partition coefficient (Wildman–Crippen LogP) is 2.12. The standard InChI is InChI=1S/C18H19N3O3/c1-20-12-21(16-7-5-4-6-15(16)20)11-18(22)19-14-10-13(23-2)8-9-17(14)24-3/h4-10,12H,11H2,1-3H3/p+1. The molecule has 3 aromatic rings. The van der Waals surface area contributed by atoms with Crippen LogP contribution in [0.25, 0.3) is 11.0 Å². The molecule has 0 saturated carbocycles. The Morgan fingerprint density at radius 3 is 2.71 bits per heavy atom. The van der Waals surface area contributed by atoms with E-state index in [1.807, 2.05) is 46.8 Å². The van der Waals surface area contributed by atoms with E-state index in [9.17, 15) is 4.79 Å². The number of imidazole rings is 1. The van der Waals surface area contributed by atoms with E-state index in [0.717, 1.165) is 11.0 Å². The molecule has 0 radical (unpaired) electrons. The molecule has 0 unspecified atom stereocenters. The molecule has 1 aromatic heterocycles. The Morgan fingerprint density at radius 1 is 1.17 bits per heavy atom. The highest BCUT2D eigenvalue weighted by molar-refractivity contribution is 5.93. The van der Waals surface area contributed by atoms with Crippen molar-refractivity contribution in [3.8, 4) is 11.5 Å². The van der Waals surface area contributed by atoms with Crippen LogP contribution in [0.3, 0.4) is 0 Å². The van der Waals surface area contributed by atoms with Crippen molar-refractivity contribution in [2.24, 2.45) is 7.05 Å². The fourth-order valence-corrected chi connectivity index (χ4v) is 2.72. The lowest BCUT2D eigenvalue weighted by Gasteiger charge is -2.11. The summed E-state index contributed by atoms with van der Waals surface area (Å²) in [4.78, 5) is 12.5. The fourth-order valence-electron chi connectivity index (χ4n) is 2.72. The molecule has 1 amide bonds. The van der Waals surface area contributed by atoms with Gasteiger partial charge in [-0.3, -0.25) is 4.79 Å². The van der Waals surface area contributed by atoms with Crippen molar-refractivity contribution in [2.45, 2.75) is 6.54 Å². The van der Waals surface area contributed by atoms with Crippen LogP contribution in [0.5, 0.6) is 11.5 Å². The van der Waals surface area contributed by atoms with Crippen LogP contribution in [0.4, 0.5) is 5.69 Å². The molecule has 0 aliphatic carbocycles. The van der Waals surface area contributed by atoms with Crippen LogP contribution in [-0.4, -0.2) is 24.7 Å². The smallest absolute Gasteiger partial charge is 0.266 e. The summed E-state index contributed by atoms with van der Waals surface area (Å²) in [5.74, 6) is 1.11. The van der Waals surface area contributed by atoms with E-state index in [1.165, 1.54) is 0 Å². The zero-order valence-corrected chi connectivity index (χ0v) is 13.9. The zero-order chi connectivity index (χ0) is 17.1. The lowest BCUT2D eigenvalue weighted by molar-refractivity contribution is -0.645. The summed E-state index contributed by atoms with van der Waals surface area (Å²) in [6, 6.07) is 13.2. The van der Waals surface area contributed by atoms with Gasteiger partial charge in [-0.05, 0) is 24.3 Å². The third kappa shape index (κ3) is 3.03. The number of hydrogen-bond acceptors (Lipinski definition) is 3. The molecule has 0 fully saturated rings. The summed E-state index contributed by atoms with van der Waals surface area (Å²) in [6.45, 7) is 0.210. The molecule has 0 spiro atoms. The third-order valence-electron chi connectivity index (χ3n) is 3.88. The molecule has 0 atom stereocenters. The van der Waals surface area contributed by atoms with Crippen LogP contribution in [0.1, 0.15) is 0 Å². The molecular weight excluding hydrogens is 306 g/mol. The van der Waals surface area contributed by atoms with Gasteiger partial charge in [-0.1, -0.05) is 12.1 Å². The van der Waals surface area contributed by atoms with Crippen molar-refractivity contribution in [3.63, 3.8) is 0 Å². The average molecular weight is 326 g/mol. The van der Waals surface area contributed by atoms with Gasteiger partial charge in [-0.25, -0.2) is 9.13 Å². The number of anilines is 1. The monoisotopic (exact) mass is 326 g/mol. The number of carbonyl (C=O) groups is 1. The summed E-state index contributed by atoms with van der Waals surface area (Å²) in [5.41, 5.74) is 2.67. The van der Waals surface area contributed by atoms with Crippen molar-refractivity contribution in [3.05, 3.63) is 48.8 Å². The number of nitrogens with one attached hydrogen (secondary N) is 1. The van der Waals surface area contributed by atoms with E-state index in [-0.39, 0.29) is 12.5 Å². The highest BCUT2D eigenvalue weighted by Gasteiger charge is 2.17. The minimum atomic E-state index is -0.136. The summed E-state index contributed by atoms with van der Waals surface area (Å²) < 4.78 is 14.4. The Hall–Kier alpha value is -3.02. The molecule has 0 saturated heterocycles. The summed E-state index contributed by atoms with van der Waals surface area (Å²) in [5, 5.41) is 2.88. The Morgan fingerprint density at radius 2 is 1.96 bits per heavy atom. The predicted molar refractivity (Wildman–Crippen MR) is 91.3 cm³/mol. The van der Waals surface area contributed by atoms with Gasteiger partial charge >= 0.3 is 0 Å². The molecule has 124 valence electrons. The largest absolute Gasteiger partial charge is 0.497 e. The number of methoxy groups -OCH3 is 2. The van der Waals surface area contributed by atoms with Gasteiger partial charge < -0.3 is 14.8 Å². The van der Waals surface area contributed by atoms with Gasteiger partial charge in [0.25, 0.3) is 5.91 Å². The van der Waals surface area contributed by atoms with Gasteiger partial charge in [-0.15, -0.1) is 0 Å². The Bertz CT molecular complexity index is 886. The maximum Gasteiger partial charge on any atom is 0.266 e. The lowest BCUT2D eigenvalue weighted by Crippen LogP contribution is -2.26. The van der Waals surface area contributed by atoms with Crippen LogP contribution >= 0.6 is 0 Å². The van der Waals surface area contributed by atoms with Crippen molar-refractivity contribution in [2.75, 3.05) is 19.5 Å². The molecule has 2 aromatic carbocycles. The number of aryl methyl sites for hydroxylation is 1. The summed E-state index contributed by atoms with van der Waals surface area (Å²) in [7, 11) is 5.11. The second kappa shape index (κ2) is 6.62. The highest BCUT2D eigenvalue weighted by atomic mass is 16.5. The van der Waals surface area contributed by atoms with E-state index in [1.54, 1.807) is 32.4 Å². The summed E-state index contributed by atoms with van der Waals surface area (Å²) in [6.07, 6.45) is 1.91. The molecule has 0 bridgehead atoms. The Balaban J connectivity index is 1.83. The number of aromatic nitrogens is 2. The minimum Gasteiger partial charge on any atom is -0.497 e. The van der Waals surface area contributed by atoms with Gasteiger partial charge in [0.15, 0.2) is 17.6 Å². The first-order chi connectivity index (χ1) is 11.6. The average Bonchev–Trinajstić information content (AvgIpc) is 2.91. The number of benzene rings is 2. The van der Waals surface area contributed by atoms with E-state index in [2.05, 4.69) is 5.32 Å². The number of para-hydroxylation sites is 2. The number of carbonyl (C=O) groups excluding carboxylic acids is 1. The SMILES string of the molecule is COc1ccc(OC)c(NC(=O)Cn2c[n+](C)c3ccccc32)c1. The Kier molecular flexibility index (Phi) is 4.37. The maximum atomic E-state index is 12.5. The molecule has 24 heavy (non-hydrogen) atoms. The van der Waals surface area contributed by atoms with E-state index >= 15 is 0 Å². The van der Waals surface area contributed by atoms with E-state index < -0.39 is 0 Å². The van der Waals surface area contributed by atoms with Crippen LogP contribution in [0, 0.1) is 0 Å². The first-order valence-corrected chi connectivity index (χ1v) is 7.57. The van der Waals surface area contributed by atoms with Gasteiger partial charge in [0, 0.05) is 6.07 Å². The first kappa shape index (κ1) is 15.9. The molecule has 1 heterocycles. The molecule has 6 heteroatoms. The number of ether oxygens (including phenoxy) is 2. The second-order valence-electron chi connectivity index (χ2n) is 5.46. The second-order valence-corrected chi connectivity index (χ2v) is 5.46. The molecule has 6 nitrogen and oxygen atoms in total. The van der Waals surface area contributed by atoms with E-state index in [0.29, 0.717) is 17.2 Å². The molecular formula is C18H20N3O3+. The molecule has 1 N–H and O–H groups in total. The van der Waals surface area contributed by atoms with Crippen molar-refractivity contribution in [1.29, 1.82) is 0 Å². The number of amides is 1. The van der Waals surface area contributed by atoms with Crippen LogP contribution < -0.4 is 19.4 Å². The quantitative estimate of drug-likeness (QED) is 0.731. The lowest BCUT2D eigenvalue weighted by atomic mass is 10.2. The van der Waals surface area contributed by atoms with Gasteiger partial charge in [0.2, 0.25) is 6.33 Å². The van der Waals surface area contributed by atoms with Crippen molar-refractivity contribution < 1.29 is 18.8 Å². The number of rotatable bonds is 5. The number of nitrogens with zero attached hydrogens (tertiary/aromatic N) is 2. The third-order valence-corrected chi connectivity index (χ3v) is 3.88. The first-order valence-electron chi connectivity index (χ1n) is 7.57. The van der Waals surface area contributed by atoms with Crippen molar-refractivity contribution in [1.82, 2.24) is 4.57 Å².